The molecule has 0 aliphatic carbocycles. The van der Waals surface area contributed by atoms with E-state index in [2.05, 4.69) is 20.8 Å². The third kappa shape index (κ3) is 3.65. The fourth-order valence-electron chi connectivity index (χ4n) is 2.65. The summed E-state index contributed by atoms with van der Waals surface area (Å²) in [4.78, 5) is 12.4. The minimum absolute atomic E-state index is 0.234. The van der Waals surface area contributed by atoms with Crippen molar-refractivity contribution >= 4 is 17.5 Å². The molecule has 24 heavy (non-hydrogen) atoms. The van der Waals surface area contributed by atoms with E-state index in [4.69, 9.17) is 21.1 Å². The summed E-state index contributed by atoms with van der Waals surface area (Å²) in [6, 6.07) is 3.19. The van der Waals surface area contributed by atoms with Crippen LogP contribution in [0.2, 0.25) is 5.02 Å². The molecule has 1 fully saturated rings. The molecule has 8 nitrogen and oxygen atoms in total. The van der Waals surface area contributed by atoms with Gasteiger partial charge in [-0.05, 0) is 35.8 Å². The van der Waals surface area contributed by atoms with Crippen molar-refractivity contribution in [1.29, 1.82) is 0 Å². The van der Waals surface area contributed by atoms with Crippen molar-refractivity contribution in [3.8, 4) is 11.4 Å². The normalized spacial score (nSPS) is 17.0. The summed E-state index contributed by atoms with van der Waals surface area (Å²) in [5.41, 5.74) is 0.904. The lowest BCUT2D eigenvalue weighted by molar-refractivity contribution is 0.0905. The molecule has 1 aliphatic rings. The number of hydrogen-bond donors (Lipinski definition) is 1. The number of nitrogens with one attached hydrogen (secondary N) is 1. The predicted octanol–water partition coefficient (Wildman–Crippen LogP) is 1.62. The highest BCUT2D eigenvalue weighted by molar-refractivity contribution is 6.33. The fraction of sp³-hybridized carbons (Fsp3) is 0.467. The molecular weight excluding hydrogens is 334 g/mol. The maximum absolute atomic E-state index is 12.4. The first-order chi connectivity index (χ1) is 11.7. The van der Waals surface area contributed by atoms with Crippen molar-refractivity contribution in [3.05, 3.63) is 29.0 Å². The largest absolute Gasteiger partial charge is 0.496 e. The number of rotatable bonds is 6. The first-order valence-corrected chi connectivity index (χ1v) is 8.07. The Morgan fingerprint density at radius 3 is 3.08 bits per heavy atom. The van der Waals surface area contributed by atoms with Crippen molar-refractivity contribution in [2.45, 2.75) is 25.4 Å². The molecule has 0 bridgehead atoms. The first-order valence-electron chi connectivity index (χ1n) is 7.69. The van der Waals surface area contributed by atoms with Gasteiger partial charge >= 0.3 is 0 Å². The molecule has 1 aromatic carbocycles. The van der Waals surface area contributed by atoms with Gasteiger partial charge in [0.2, 0.25) is 0 Å². The summed E-state index contributed by atoms with van der Waals surface area (Å²) in [5.74, 6) is 0.162. The molecule has 1 saturated heterocycles. The monoisotopic (exact) mass is 351 g/mol. The average molecular weight is 352 g/mol. The standard InChI is InChI=1S/C15H18ClN5O3/c1-23-14-8-13(21-9-18-19-20-21)12(16)7-11(14)15(22)17-5-4-10-3-2-6-24-10/h7-10H,2-6H2,1H3,(H,17,22)/t10-/m1/s1. The van der Waals surface area contributed by atoms with Crippen molar-refractivity contribution in [2.24, 2.45) is 0 Å². The number of hydrogen-bond acceptors (Lipinski definition) is 6. The smallest absolute Gasteiger partial charge is 0.255 e. The van der Waals surface area contributed by atoms with Gasteiger partial charge in [0.05, 0.1) is 29.5 Å². The molecule has 128 valence electrons. The quantitative estimate of drug-likeness (QED) is 0.850. The van der Waals surface area contributed by atoms with Crippen molar-refractivity contribution in [3.63, 3.8) is 0 Å². The number of amides is 1. The molecule has 3 rings (SSSR count). The van der Waals surface area contributed by atoms with E-state index in [1.165, 1.54) is 18.1 Å². The molecule has 9 heteroatoms. The molecule has 0 saturated carbocycles. The number of halogens is 1. The number of tetrazole rings is 1. The summed E-state index contributed by atoms with van der Waals surface area (Å²) in [6.45, 7) is 1.35. The second-order valence-corrected chi connectivity index (χ2v) is 5.85. The van der Waals surface area contributed by atoms with Gasteiger partial charge in [-0.25, -0.2) is 0 Å². The highest BCUT2D eigenvalue weighted by Gasteiger charge is 2.19. The van der Waals surface area contributed by atoms with Crippen LogP contribution in [0.5, 0.6) is 5.75 Å². The Balaban J connectivity index is 1.72. The summed E-state index contributed by atoms with van der Waals surface area (Å²) >= 11 is 6.26. The minimum Gasteiger partial charge on any atom is -0.496 e. The van der Waals surface area contributed by atoms with Gasteiger partial charge in [-0.15, -0.1) is 5.10 Å². The number of carbonyl (C=O) groups is 1. The van der Waals surface area contributed by atoms with E-state index in [0.29, 0.717) is 28.6 Å². The number of aromatic nitrogens is 4. The van der Waals surface area contributed by atoms with Gasteiger partial charge in [0.25, 0.3) is 5.91 Å². The van der Waals surface area contributed by atoms with E-state index in [0.717, 1.165) is 25.9 Å². The Kier molecular flexibility index (Phi) is 5.27. The zero-order valence-corrected chi connectivity index (χ0v) is 14.0. The van der Waals surface area contributed by atoms with Gasteiger partial charge in [-0.3, -0.25) is 4.79 Å². The molecule has 1 atom stereocenters. The van der Waals surface area contributed by atoms with E-state index >= 15 is 0 Å². The molecule has 1 aliphatic heterocycles. The van der Waals surface area contributed by atoms with Crippen LogP contribution in [0.1, 0.15) is 29.6 Å². The van der Waals surface area contributed by atoms with Gasteiger partial charge in [0.1, 0.15) is 12.1 Å². The Bertz CT molecular complexity index is 701. The van der Waals surface area contributed by atoms with Gasteiger partial charge in [-0.1, -0.05) is 11.6 Å². The molecule has 1 amide bonds. The van der Waals surface area contributed by atoms with Crippen molar-refractivity contribution < 1.29 is 14.3 Å². The lowest BCUT2D eigenvalue weighted by Gasteiger charge is -2.13. The lowest BCUT2D eigenvalue weighted by Crippen LogP contribution is -2.27. The third-order valence-corrected chi connectivity index (χ3v) is 4.19. The number of carbonyl (C=O) groups excluding carboxylic acids is 1. The van der Waals surface area contributed by atoms with Crippen LogP contribution in [-0.2, 0) is 4.74 Å². The van der Waals surface area contributed by atoms with Crippen LogP contribution in [0.15, 0.2) is 18.5 Å². The van der Waals surface area contributed by atoms with E-state index in [-0.39, 0.29) is 12.0 Å². The van der Waals surface area contributed by atoms with Crippen LogP contribution in [0.3, 0.4) is 0 Å². The highest BCUT2D eigenvalue weighted by atomic mass is 35.5. The summed E-state index contributed by atoms with van der Waals surface area (Å²) in [5, 5.41) is 14.2. The van der Waals surface area contributed by atoms with E-state index in [9.17, 15) is 4.79 Å². The van der Waals surface area contributed by atoms with Gasteiger partial charge in [0, 0.05) is 19.2 Å². The lowest BCUT2D eigenvalue weighted by atomic mass is 10.1. The molecule has 1 N–H and O–H groups in total. The molecule has 1 aromatic heterocycles. The SMILES string of the molecule is COc1cc(-n2cnnn2)c(Cl)cc1C(=O)NCC[C@H]1CCCO1. The molecule has 0 radical (unpaired) electrons. The first kappa shape index (κ1) is 16.7. The Morgan fingerprint density at radius 2 is 2.42 bits per heavy atom. The number of benzene rings is 1. The van der Waals surface area contributed by atoms with Crippen molar-refractivity contribution in [2.75, 3.05) is 20.3 Å². The van der Waals surface area contributed by atoms with Crippen LogP contribution in [0.4, 0.5) is 0 Å². The highest BCUT2D eigenvalue weighted by Crippen LogP contribution is 2.29. The number of methoxy groups -OCH3 is 1. The third-order valence-electron chi connectivity index (χ3n) is 3.89. The Labute approximate surface area is 144 Å². The van der Waals surface area contributed by atoms with Crippen LogP contribution in [0, 0.1) is 0 Å². The second kappa shape index (κ2) is 7.59. The molecular formula is C15H18ClN5O3. The zero-order valence-electron chi connectivity index (χ0n) is 13.2. The number of nitrogens with zero attached hydrogens (tertiary/aromatic N) is 4. The Hall–Kier alpha value is -2.19. The van der Waals surface area contributed by atoms with E-state index in [1.54, 1.807) is 12.1 Å². The van der Waals surface area contributed by atoms with Crippen LogP contribution in [0.25, 0.3) is 5.69 Å². The van der Waals surface area contributed by atoms with E-state index in [1.807, 2.05) is 0 Å². The van der Waals surface area contributed by atoms with Crippen LogP contribution in [-0.4, -0.2) is 52.5 Å². The maximum atomic E-state index is 12.4. The molecule has 2 heterocycles. The van der Waals surface area contributed by atoms with Gasteiger partial charge in [0.15, 0.2) is 0 Å². The maximum Gasteiger partial charge on any atom is 0.255 e. The fourth-order valence-corrected chi connectivity index (χ4v) is 2.90. The van der Waals surface area contributed by atoms with Gasteiger partial charge in [-0.2, -0.15) is 4.68 Å². The molecule has 0 unspecified atom stereocenters. The topological polar surface area (TPSA) is 91.2 Å². The summed E-state index contributed by atoms with van der Waals surface area (Å²) in [7, 11) is 1.50. The van der Waals surface area contributed by atoms with Gasteiger partial charge < -0.3 is 14.8 Å². The predicted molar refractivity (Wildman–Crippen MR) is 86.6 cm³/mol. The summed E-state index contributed by atoms with van der Waals surface area (Å²) < 4.78 is 12.3. The van der Waals surface area contributed by atoms with Crippen LogP contribution >= 0.6 is 11.6 Å². The average Bonchev–Trinajstić information content (AvgIpc) is 3.28. The minimum atomic E-state index is -0.241. The molecule has 0 spiro atoms. The second-order valence-electron chi connectivity index (χ2n) is 5.44. The van der Waals surface area contributed by atoms with Crippen LogP contribution < -0.4 is 10.1 Å². The number of ether oxygens (including phenoxy) is 2. The zero-order chi connectivity index (χ0) is 16.9. The molecule has 2 aromatic rings. The van der Waals surface area contributed by atoms with Crippen molar-refractivity contribution in [1.82, 2.24) is 25.5 Å². The van der Waals surface area contributed by atoms with E-state index < -0.39 is 0 Å². The summed E-state index contributed by atoms with van der Waals surface area (Å²) in [6.07, 6.45) is 4.58. The Morgan fingerprint density at radius 1 is 1.54 bits per heavy atom.